The monoisotopic (exact) mass is 441 g/mol. The van der Waals surface area contributed by atoms with E-state index in [-0.39, 0.29) is 11.5 Å². The van der Waals surface area contributed by atoms with Crippen molar-refractivity contribution in [2.24, 2.45) is 7.05 Å². The van der Waals surface area contributed by atoms with Crippen molar-refractivity contribution in [2.75, 3.05) is 18.4 Å². The highest BCUT2D eigenvalue weighted by Gasteiger charge is 2.27. The van der Waals surface area contributed by atoms with Gasteiger partial charge in [0.15, 0.2) is 0 Å². The van der Waals surface area contributed by atoms with Gasteiger partial charge in [-0.25, -0.2) is 4.68 Å². The molecule has 1 aliphatic rings. The summed E-state index contributed by atoms with van der Waals surface area (Å²) in [5.41, 5.74) is 4.83. The molecule has 0 atom stereocenters. The van der Waals surface area contributed by atoms with Gasteiger partial charge in [0.2, 0.25) is 0 Å². The number of hydrogen-bond donors (Lipinski definition) is 1. The molecule has 4 aromatic rings. The van der Waals surface area contributed by atoms with Crippen molar-refractivity contribution < 1.29 is 4.79 Å². The molecule has 0 saturated carbocycles. The first-order valence-corrected chi connectivity index (χ1v) is 11.3. The summed E-state index contributed by atoms with van der Waals surface area (Å²) >= 11 is 0. The summed E-state index contributed by atoms with van der Waals surface area (Å²) in [5.74, 6) is -0.270. The van der Waals surface area contributed by atoms with E-state index in [0.29, 0.717) is 23.5 Å². The van der Waals surface area contributed by atoms with Crippen LogP contribution in [0.1, 0.15) is 34.2 Å². The van der Waals surface area contributed by atoms with E-state index in [1.54, 1.807) is 9.36 Å². The van der Waals surface area contributed by atoms with Crippen LogP contribution in [0.3, 0.4) is 0 Å². The van der Waals surface area contributed by atoms with Gasteiger partial charge in [0, 0.05) is 43.2 Å². The van der Waals surface area contributed by atoms with Crippen LogP contribution >= 0.6 is 0 Å². The first-order valence-electron chi connectivity index (χ1n) is 11.3. The van der Waals surface area contributed by atoms with Crippen molar-refractivity contribution in [2.45, 2.75) is 26.8 Å². The summed E-state index contributed by atoms with van der Waals surface area (Å²) in [6.45, 7) is 6.48. The Hall–Kier alpha value is -3.71. The van der Waals surface area contributed by atoms with Crippen LogP contribution in [0.5, 0.6) is 0 Å². The first-order chi connectivity index (χ1) is 16.0. The Bertz CT molecular complexity index is 1420. The lowest BCUT2D eigenvalue weighted by Crippen LogP contribution is -2.33. The maximum Gasteiger partial charge on any atom is 0.295 e. The molecule has 7 heteroatoms. The van der Waals surface area contributed by atoms with E-state index in [4.69, 9.17) is 4.98 Å². The van der Waals surface area contributed by atoms with Gasteiger partial charge in [-0.1, -0.05) is 43.3 Å². The van der Waals surface area contributed by atoms with Crippen LogP contribution in [0.25, 0.3) is 16.6 Å². The minimum atomic E-state index is -0.270. The number of aromatic nitrogens is 3. The van der Waals surface area contributed by atoms with Crippen LogP contribution in [0.4, 0.5) is 5.69 Å². The first kappa shape index (κ1) is 21.2. The van der Waals surface area contributed by atoms with Crippen LogP contribution < -0.4 is 10.9 Å². The van der Waals surface area contributed by atoms with Gasteiger partial charge < -0.3 is 5.32 Å². The SMILES string of the molecule is CCN1CCc2nc3ccccc3c(C(=O)Nc3c(C)n(C)n(-c4ccccc4)c3=O)c2C1. The molecule has 2 aromatic heterocycles. The molecular formula is C26H27N5O2. The number of benzene rings is 2. The molecular weight excluding hydrogens is 414 g/mol. The zero-order valence-electron chi connectivity index (χ0n) is 19.1. The molecule has 1 N–H and O–H groups in total. The number of nitrogens with one attached hydrogen (secondary N) is 1. The molecule has 0 radical (unpaired) electrons. The minimum absolute atomic E-state index is 0.253. The van der Waals surface area contributed by atoms with E-state index in [0.717, 1.165) is 47.4 Å². The molecule has 0 aliphatic carbocycles. The Morgan fingerprint density at radius 2 is 1.82 bits per heavy atom. The van der Waals surface area contributed by atoms with E-state index in [1.807, 2.05) is 68.6 Å². The molecule has 1 amide bonds. The van der Waals surface area contributed by atoms with E-state index in [2.05, 4.69) is 17.1 Å². The number of carbonyl (C=O) groups excluding carboxylic acids is 1. The van der Waals surface area contributed by atoms with Gasteiger partial charge in [-0.2, -0.15) is 0 Å². The highest BCUT2D eigenvalue weighted by molar-refractivity contribution is 6.13. The average Bonchev–Trinajstić information content (AvgIpc) is 3.05. The van der Waals surface area contributed by atoms with Gasteiger partial charge in [-0.05, 0) is 31.7 Å². The van der Waals surface area contributed by atoms with E-state index >= 15 is 0 Å². The largest absolute Gasteiger partial charge is 0.316 e. The number of anilines is 1. The molecule has 1 aliphatic heterocycles. The van der Waals surface area contributed by atoms with Gasteiger partial charge in [0.1, 0.15) is 5.69 Å². The highest BCUT2D eigenvalue weighted by atomic mass is 16.2. The van der Waals surface area contributed by atoms with Crippen LogP contribution in [0.15, 0.2) is 59.4 Å². The zero-order valence-corrected chi connectivity index (χ0v) is 19.1. The summed E-state index contributed by atoms with van der Waals surface area (Å²) in [6.07, 6.45) is 0.805. The Labute approximate surface area is 192 Å². The lowest BCUT2D eigenvalue weighted by Gasteiger charge is -2.29. The maximum atomic E-state index is 13.7. The molecule has 0 bridgehead atoms. The average molecular weight is 442 g/mol. The second-order valence-corrected chi connectivity index (χ2v) is 8.44. The van der Waals surface area contributed by atoms with Crippen molar-refractivity contribution in [3.8, 4) is 5.69 Å². The van der Waals surface area contributed by atoms with E-state index in [1.165, 1.54) is 0 Å². The minimum Gasteiger partial charge on any atom is -0.316 e. The number of carbonyl (C=O) groups is 1. The predicted molar refractivity (Wildman–Crippen MR) is 130 cm³/mol. The van der Waals surface area contributed by atoms with Crippen LogP contribution in [0, 0.1) is 6.92 Å². The van der Waals surface area contributed by atoms with Crippen molar-refractivity contribution in [1.29, 1.82) is 0 Å². The Balaban J connectivity index is 1.62. The molecule has 168 valence electrons. The normalized spacial score (nSPS) is 13.8. The summed E-state index contributed by atoms with van der Waals surface area (Å²) in [4.78, 5) is 34.2. The van der Waals surface area contributed by atoms with Gasteiger partial charge in [-0.15, -0.1) is 0 Å². The van der Waals surface area contributed by atoms with Gasteiger partial charge in [0.05, 0.1) is 22.5 Å². The number of amides is 1. The number of nitrogens with zero attached hydrogens (tertiary/aromatic N) is 4. The quantitative estimate of drug-likeness (QED) is 0.525. The number of fused-ring (bicyclic) bond motifs is 2. The number of hydrogen-bond acceptors (Lipinski definition) is 4. The lowest BCUT2D eigenvalue weighted by molar-refractivity contribution is 0.102. The Morgan fingerprint density at radius 3 is 2.58 bits per heavy atom. The molecule has 0 unspecified atom stereocenters. The second-order valence-electron chi connectivity index (χ2n) is 8.44. The standard InChI is InChI=1S/C26H27N5O2/c1-4-30-15-14-22-20(16-30)23(19-12-8-9-13-21(19)27-22)25(32)28-24-17(2)29(3)31(26(24)33)18-10-6-5-7-11-18/h5-13H,4,14-16H2,1-3H3,(H,28,32). The Morgan fingerprint density at radius 1 is 1.09 bits per heavy atom. The van der Waals surface area contributed by atoms with Gasteiger partial charge >= 0.3 is 0 Å². The third-order valence-corrected chi connectivity index (χ3v) is 6.59. The number of likely N-dealkylation sites (N-methyl/N-ethyl adjacent to an activating group) is 1. The number of pyridine rings is 1. The summed E-state index contributed by atoms with van der Waals surface area (Å²) in [5, 5.41) is 3.77. The maximum absolute atomic E-state index is 13.7. The second kappa shape index (κ2) is 8.33. The molecule has 3 heterocycles. The van der Waals surface area contributed by atoms with Crippen molar-refractivity contribution in [1.82, 2.24) is 19.2 Å². The molecule has 0 fully saturated rings. The lowest BCUT2D eigenvalue weighted by atomic mass is 9.95. The van der Waals surface area contributed by atoms with Crippen molar-refractivity contribution in [3.05, 3.63) is 87.5 Å². The topological polar surface area (TPSA) is 72.2 Å². The van der Waals surface area contributed by atoms with Crippen LogP contribution in [0.2, 0.25) is 0 Å². The van der Waals surface area contributed by atoms with Crippen molar-refractivity contribution >= 4 is 22.5 Å². The fraction of sp³-hybridized carbons (Fsp3) is 0.269. The molecule has 5 rings (SSSR count). The van der Waals surface area contributed by atoms with Gasteiger partial charge in [-0.3, -0.25) is 24.2 Å². The smallest absolute Gasteiger partial charge is 0.295 e. The highest BCUT2D eigenvalue weighted by Crippen LogP contribution is 2.29. The molecule has 7 nitrogen and oxygen atoms in total. The molecule has 0 spiro atoms. The van der Waals surface area contributed by atoms with Crippen LogP contribution in [-0.2, 0) is 20.0 Å². The fourth-order valence-electron chi connectivity index (χ4n) is 4.66. The Kier molecular flexibility index (Phi) is 5.34. The molecule has 0 saturated heterocycles. The molecule has 2 aromatic carbocycles. The van der Waals surface area contributed by atoms with Crippen LogP contribution in [-0.4, -0.2) is 38.2 Å². The molecule has 33 heavy (non-hydrogen) atoms. The fourth-order valence-corrected chi connectivity index (χ4v) is 4.66. The van der Waals surface area contributed by atoms with E-state index in [9.17, 15) is 9.59 Å². The summed E-state index contributed by atoms with van der Waals surface area (Å²) < 4.78 is 3.34. The third-order valence-electron chi connectivity index (χ3n) is 6.59. The van der Waals surface area contributed by atoms with Gasteiger partial charge in [0.25, 0.3) is 11.5 Å². The third kappa shape index (κ3) is 3.54. The predicted octanol–water partition coefficient (Wildman–Crippen LogP) is 3.66. The zero-order chi connectivity index (χ0) is 23.1. The number of para-hydroxylation sites is 2. The summed E-state index contributed by atoms with van der Waals surface area (Å²) in [6, 6.07) is 17.2. The number of rotatable bonds is 4. The van der Waals surface area contributed by atoms with Crippen molar-refractivity contribution in [3.63, 3.8) is 0 Å². The van der Waals surface area contributed by atoms with E-state index < -0.39 is 0 Å². The summed E-state index contributed by atoms with van der Waals surface area (Å²) in [7, 11) is 1.82.